The van der Waals surface area contributed by atoms with E-state index in [9.17, 15) is 0 Å². The molecular formula is C18H29N5O2. The van der Waals surface area contributed by atoms with Crippen LogP contribution in [0.4, 0.5) is 0 Å². The van der Waals surface area contributed by atoms with Crippen LogP contribution in [0.15, 0.2) is 4.52 Å². The van der Waals surface area contributed by atoms with Crippen LogP contribution in [0, 0.1) is 18.8 Å². The number of hydrogen-bond donors (Lipinski definition) is 0. The molecule has 0 aromatic carbocycles. The number of ether oxygens (including phenoxy) is 1. The molecule has 2 aliphatic heterocycles. The van der Waals surface area contributed by atoms with E-state index in [-0.39, 0.29) is 0 Å². The Morgan fingerprint density at radius 3 is 2.52 bits per heavy atom. The van der Waals surface area contributed by atoms with E-state index in [4.69, 9.17) is 9.26 Å². The molecule has 0 spiro atoms. The SMILES string of the molecule is Cc1noc(CN2CCC(OCC#CCN3CCN(C)CC3)CC2)n1. The zero-order chi connectivity index (χ0) is 17.5. The number of likely N-dealkylation sites (tertiary alicyclic amines) is 1. The molecule has 0 saturated carbocycles. The van der Waals surface area contributed by atoms with Crippen molar-refractivity contribution in [1.82, 2.24) is 24.8 Å². The van der Waals surface area contributed by atoms with Crippen LogP contribution in [0.5, 0.6) is 0 Å². The first-order chi connectivity index (χ1) is 12.2. The van der Waals surface area contributed by atoms with Gasteiger partial charge in [-0.3, -0.25) is 9.80 Å². The first-order valence-corrected chi connectivity index (χ1v) is 9.19. The Balaban J connectivity index is 1.27. The smallest absolute Gasteiger partial charge is 0.240 e. The third-order valence-electron chi connectivity index (χ3n) is 4.88. The molecule has 0 N–H and O–H groups in total. The monoisotopic (exact) mass is 347 g/mol. The quantitative estimate of drug-likeness (QED) is 0.723. The van der Waals surface area contributed by atoms with Crippen LogP contribution >= 0.6 is 0 Å². The predicted octanol–water partition coefficient (Wildman–Crippen LogP) is 0.610. The maximum absolute atomic E-state index is 5.91. The molecule has 7 nitrogen and oxygen atoms in total. The van der Waals surface area contributed by atoms with E-state index in [0.29, 0.717) is 24.4 Å². The van der Waals surface area contributed by atoms with E-state index in [0.717, 1.165) is 65.2 Å². The minimum Gasteiger partial charge on any atom is -0.365 e. The molecule has 3 rings (SSSR count). The summed E-state index contributed by atoms with van der Waals surface area (Å²) in [5, 5.41) is 3.83. The molecule has 2 saturated heterocycles. The summed E-state index contributed by atoms with van der Waals surface area (Å²) >= 11 is 0. The maximum atomic E-state index is 5.91. The van der Waals surface area contributed by atoms with Gasteiger partial charge in [0.2, 0.25) is 5.89 Å². The van der Waals surface area contributed by atoms with Crippen molar-refractivity contribution >= 4 is 0 Å². The first kappa shape index (κ1) is 18.3. The number of hydrogen-bond acceptors (Lipinski definition) is 7. The van der Waals surface area contributed by atoms with E-state index in [1.54, 1.807) is 0 Å². The van der Waals surface area contributed by atoms with E-state index in [2.05, 4.69) is 43.7 Å². The van der Waals surface area contributed by atoms with E-state index in [1.165, 1.54) is 0 Å². The standard InChI is InChI=1S/C18H29N5O2/c1-16-19-18(25-20-16)15-23-8-5-17(6-9-23)24-14-4-3-7-22-12-10-21(2)11-13-22/h17H,5-15H2,1-2H3. The fraction of sp³-hybridized carbons (Fsp3) is 0.778. The van der Waals surface area contributed by atoms with Gasteiger partial charge < -0.3 is 14.2 Å². The van der Waals surface area contributed by atoms with E-state index >= 15 is 0 Å². The van der Waals surface area contributed by atoms with Crippen molar-refractivity contribution in [2.24, 2.45) is 0 Å². The molecule has 0 unspecified atom stereocenters. The zero-order valence-corrected chi connectivity index (χ0v) is 15.4. The van der Waals surface area contributed by atoms with Gasteiger partial charge in [-0.1, -0.05) is 17.0 Å². The molecule has 0 radical (unpaired) electrons. The van der Waals surface area contributed by atoms with Gasteiger partial charge in [-0.25, -0.2) is 0 Å². The number of piperazine rings is 1. The summed E-state index contributed by atoms with van der Waals surface area (Å²) in [4.78, 5) is 11.4. The van der Waals surface area contributed by atoms with Crippen molar-refractivity contribution in [3.63, 3.8) is 0 Å². The second-order valence-electron chi connectivity index (χ2n) is 6.95. The van der Waals surface area contributed by atoms with Gasteiger partial charge in [0.1, 0.15) is 6.61 Å². The Labute approximate surface area is 150 Å². The van der Waals surface area contributed by atoms with Crippen molar-refractivity contribution in [2.45, 2.75) is 32.4 Å². The number of rotatable bonds is 5. The van der Waals surface area contributed by atoms with Crippen LogP contribution in [0.1, 0.15) is 24.6 Å². The Bertz CT molecular complexity index is 578. The normalized spacial score (nSPS) is 21.2. The van der Waals surface area contributed by atoms with Gasteiger partial charge in [0.05, 0.1) is 19.2 Å². The summed E-state index contributed by atoms with van der Waals surface area (Å²) in [6, 6.07) is 0. The number of likely N-dealkylation sites (N-methyl/N-ethyl adjacent to an activating group) is 1. The fourth-order valence-corrected chi connectivity index (χ4v) is 3.21. The molecule has 25 heavy (non-hydrogen) atoms. The lowest BCUT2D eigenvalue weighted by Gasteiger charge is -2.31. The van der Waals surface area contributed by atoms with Gasteiger partial charge in [0.15, 0.2) is 5.82 Å². The summed E-state index contributed by atoms with van der Waals surface area (Å²) in [6.45, 7) is 10.5. The molecule has 3 heterocycles. The Morgan fingerprint density at radius 2 is 1.84 bits per heavy atom. The average molecular weight is 347 g/mol. The minimum atomic E-state index is 0.318. The number of aryl methyl sites for hydroxylation is 1. The van der Waals surface area contributed by atoms with Crippen molar-refractivity contribution in [3.05, 3.63) is 11.7 Å². The van der Waals surface area contributed by atoms with Crippen LogP contribution < -0.4 is 0 Å². The topological polar surface area (TPSA) is 57.9 Å². The van der Waals surface area contributed by atoms with Crippen molar-refractivity contribution < 1.29 is 9.26 Å². The Hall–Kier alpha value is -1.46. The van der Waals surface area contributed by atoms with Gasteiger partial charge in [-0.15, -0.1) is 0 Å². The highest BCUT2D eigenvalue weighted by molar-refractivity contribution is 5.02. The van der Waals surface area contributed by atoms with Crippen LogP contribution in [0.2, 0.25) is 0 Å². The van der Waals surface area contributed by atoms with Crippen molar-refractivity contribution in [3.8, 4) is 11.8 Å². The summed E-state index contributed by atoms with van der Waals surface area (Å²) in [7, 11) is 2.17. The van der Waals surface area contributed by atoms with Crippen LogP contribution in [-0.2, 0) is 11.3 Å². The molecular weight excluding hydrogens is 318 g/mol. The van der Waals surface area contributed by atoms with Crippen LogP contribution in [-0.4, -0.2) is 90.4 Å². The summed E-state index contributed by atoms with van der Waals surface area (Å²) in [5.74, 6) is 7.82. The third kappa shape index (κ3) is 6.08. The highest BCUT2D eigenvalue weighted by Gasteiger charge is 2.21. The third-order valence-corrected chi connectivity index (χ3v) is 4.88. The second-order valence-corrected chi connectivity index (χ2v) is 6.95. The van der Waals surface area contributed by atoms with Gasteiger partial charge in [0.25, 0.3) is 0 Å². The molecule has 0 bridgehead atoms. The maximum Gasteiger partial charge on any atom is 0.240 e. The van der Waals surface area contributed by atoms with Gasteiger partial charge in [-0.05, 0) is 26.8 Å². The first-order valence-electron chi connectivity index (χ1n) is 9.19. The lowest BCUT2D eigenvalue weighted by atomic mass is 10.1. The average Bonchev–Trinajstić information content (AvgIpc) is 3.02. The zero-order valence-electron chi connectivity index (χ0n) is 15.4. The molecule has 0 amide bonds. The van der Waals surface area contributed by atoms with Crippen molar-refractivity contribution in [1.29, 1.82) is 0 Å². The van der Waals surface area contributed by atoms with Crippen LogP contribution in [0.3, 0.4) is 0 Å². The molecule has 138 valence electrons. The molecule has 1 aromatic heterocycles. The molecule has 2 aliphatic rings. The van der Waals surface area contributed by atoms with Crippen molar-refractivity contribution in [2.75, 3.05) is 59.5 Å². The lowest BCUT2D eigenvalue weighted by Crippen LogP contribution is -2.44. The highest BCUT2D eigenvalue weighted by Crippen LogP contribution is 2.15. The minimum absolute atomic E-state index is 0.318. The Morgan fingerprint density at radius 1 is 1.08 bits per heavy atom. The number of aromatic nitrogens is 2. The fourth-order valence-electron chi connectivity index (χ4n) is 3.21. The highest BCUT2D eigenvalue weighted by atomic mass is 16.5. The number of piperidine rings is 1. The lowest BCUT2D eigenvalue weighted by molar-refractivity contribution is 0.0202. The van der Waals surface area contributed by atoms with Gasteiger partial charge >= 0.3 is 0 Å². The predicted molar refractivity (Wildman–Crippen MR) is 95.0 cm³/mol. The largest absolute Gasteiger partial charge is 0.365 e. The second kappa shape index (κ2) is 9.30. The van der Waals surface area contributed by atoms with E-state index in [1.807, 2.05) is 6.92 Å². The number of nitrogens with zero attached hydrogens (tertiary/aromatic N) is 5. The summed E-state index contributed by atoms with van der Waals surface area (Å²) in [6.07, 6.45) is 2.39. The van der Waals surface area contributed by atoms with Crippen LogP contribution in [0.25, 0.3) is 0 Å². The van der Waals surface area contributed by atoms with Gasteiger partial charge in [0, 0.05) is 39.3 Å². The molecule has 7 heteroatoms. The van der Waals surface area contributed by atoms with E-state index < -0.39 is 0 Å². The summed E-state index contributed by atoms with van der Waals surface area (Å²) in [5.41, 5.74) is 0. The molecule has 1 aromatic rings. The Kier molecular flexibility index (Phi) is 6.82. The molecule has 2 fully saturated rings. The summed E-state index contributed by atoms with van der Waals surface area (Å²) < 4.78 is 11.1. The molecule has 0 atom stereocenters. The molecule has 0 aliphatic carbocycles. The van der Waals surface area contributed by atoms with Gasteiger partial charge in [-0.2, -0.15) is 4.98 Å².